The molecule has 2 aliphatic rings. The van der Waals surface area contributed by atoms with Crippen LogP contribution in [0.25, 0.3) is 44.4 Å². The summed E-state index contributed by atoms with van der Waals surface area (Å²) in [4.78, 5) is 42.0. The summed E-state index contributed by atoms with van der Waals surface area (Å²) in [7, 11) is 2.78. The van der Waals surface area contributed by atoms with Gasteiger partial charge in [0, 0.05) is 40.5 Å². The molecule has 9 heteroatoms. The lowest BCUT2D eigenvalue weighted by molar-refractivity contribution is -0.141. The molecule has 0 atom stereocenters. The first-order valence-electron chi connectivity index (χ1n) is 16.0. The molecule has 0 fully saturated rings. The molecule has 5 rings (SSSR count). The molecule has 3 aromatic heterocycles. The Bertz CT molecular complexity index is 1960. The Morgan fingerprint density at radius 2 is 1.17 bits per heavy atom. The van der Waals surface area contributed by atoms with Gasteiger partial charge < -0.3 is 24.5 Å². The number of nitrogens with one attached hydrogen (secondary N) is 2. The Morgan fingerprint density at radius 3 is 1.74 bits per heavy atom. The van der Waals surface area contributed by atoms with Gasteiger partial charge in [-0.1, -0.05) is 13.8 Å². The average Bonchev–Trinajstić information content (AvgIpc) is 3.72. The van der Waals surface area contributed by atoms with Crippen molar-refractivity contribution in [2.45, 2.75) is 86.7 Å². The van der Waals surface area contributed by atoms with E-state index in [-0.39, 0.29) is 31.4 Å². The first-order valence-corrected chi connectivity index (χ1v) is 16.0. The van der Waals surface area contributed by atoms with Crippen molar-refractivity contribution in [3.63, 3.8) is 0 Å². The topological polar surface area (TPSA) is 130 Å². The molecule has 0 amide bonds. The molecule has 5 heterocycles. The van der Waals surface area contributed by atoms with Crippen molar-refractivity contribution in [2.75, 3.05) is 14.2 Å². The Balaban J connectivity index is 1.96. The van der Waals surface area contributed by atoms with Crippen molar-refractivity contribution in [2.24, 2.45) is 0 Å². The van der Waals surface area contributed by atoms with E-state index in [0.29, 0.717) is 29.8 Å². The second-order valence-electron chi connectivity index (χ2n) is 11.9. The van der Waals surface area contributed by atoms with Gasteiger partial charge in [-0.25, -0.2) is 9.97 Å². The highest BCUT2D eigenvalue weighted by molar-refractivity contribution is 5.97. The molecule has 242 valence electrons. The second-order valence-corrected chi connectivity index (χ2v) is 11.9. The highest BCUT2D eigenvalue weighted by atomic mass is 16.5. The van der Waals surface area contributed by atoms with E-state index in [0.717, 1.165) is 79.7 Å². The van der Waals surface area contributed by atoms with Crippen molar-refractivity contribution < 1.29 is 24.2 Å². The Labute approximate surface area is 269 Å². The number of aliphatic hydroxyl groups excluding tert-OH is 1. The van der Waals surface area contributed by atoms with Crippen molar-refractivity contribution in [1.82, 2.24) is 19.9 Å². The number of aromatic amines is 2. The van der Waals surface area contributed by atoms with E-state index in [2.05, 4.69) is 56.7 Å². The van der Waals surface area contributed by atoms with E-state index in [1.165, 1.54) is 25.3 Å². The molecule has 9 nitrogen and oxygen atoms in total. The van der Waals surface area contributed by atoms with E-state index >= 15 is 0 Å². The minimum Gasteiger partial charge on any atom is -0.469 e. The highest BCUT2D eigenvalue weighted by Crippen LogP contribution is 2.40. The zero-order chi connectivity index (χ0) is 33.3. The first kappa shape index (κ1) is 32.9. The Hall–Kier alpha value is -4.50. The van der Waals surface area contributed by atoms with Crippen molar-refractivity contribution in [3.8, 4) is 0 Å². The van der Waals surface area contributed by atoms with Crippen molar-refractivity contribution in [3.05, 3.63) is 68.8 Å². The molecule has 3 aromatic rings. The van der Waals surface area contributed by atoms with Crippen LogP contribution in [0.15, 0.2) is 18.2 Å². The lowest BCUT2D eigenvalue weighted by atomic mass is 9.96. The quantitative estimate of drug-likeness (QED) is 0.213. The number of carbonyl (C=O) groups is 2. The number of hydrogen-bond acceptors (Lipinski definition) is 7. The van der Waals surface area contributed by atoms with Crippen LogP contribution in [0.5, 0.6) is 0 Å². The molecular formula is C37H44N4O5. The monoisotopic (exact) mass is 624 g/mol. The fourth-order valence-electron chi connectivity index (χ4n) is 6.81. The van der Waals surface area contributed by atoms with Crippen LogP contribution in [0.3, 0.4) is 0 Å². The first-order chi connectivity index (χ1) is 22.1. The Kier molecular flexibility index (Phi) is 9.63. The Morgan fingerprint density at radius 1 is 0.674 bits per heavy atom. The predicted octanol–water partition coefficient (Wildman–Crippen LogP) is 7.32. The van der Waals surface area contributed by atoms with E-state index in [4.69, 9.17) is 19.4 Å². The van der Waals surface area contributed by atoms with E-state index in [1.807, 2.05) is 13.0 Å². The number of carbonyl (C=O) groups excluding carboxylic acids is 2. The maximum absolute atomic E-state index is 12.3. The normalized spacial score (nSPS) is 13.1. The molecule has 8 bridgehead atoms. The SMILES string of the molecule is CCC1=C(C)c2nc1cc1[nH]c(cc3[nH]c(cc4nc(c2CO)C(C)=C4CCC(=O)OC)c(CCC(=O)OC)c3C)c(CC)c1C. The lowest BCUT2D eigenvalue weighted by Gasteiger charge is -2.07. The molecule has 0 unspecified atom stereocenters. The fourth-order valence-corrected chi connectivity index (χ4v) is 6.81. The zero-order valence-electron chi connectivity index (χ0n) is 28.2. The summed E-state index contributed by atoms with van der Waals surface area (Å²) in [6.45, 7) is 12.3. The maximum atomic E-state index is 12.3. The number of hydrogen-bond donors (Lipinski definition) is 3. The van der Waals surface area contributed by atoms with Gasteiger partial charge in [0.1, 0.15) is 0 Å². The van der Waals surface area contributed by atoms with Gasteiger partial charge in [0.15, 0.2) is 0 Å². The van der Waals surface area contributed by atoms with Crippen LogP contribution < -0.4 is 0 Å². The minimum atomic E-state index is -0.308. The lowest BCUT2D eigenvalue weighted by Crippen LogP contribution is -2.02. The summed E-state index contributed by atoms with van der Waals surface area (Å²) >= 11 is 0. The average molecular weight is 625 g/mol. The smallest absolute Gasteiger partial charge is 0.305 e. The maximum Gasteiger partial charge on any atom is 0.305 e. The van der Waals surface area contributed by atoms with Crippen LogP contribution in [-0.2, 0) is 38.5 Å². The van der Waals surface area contributed by atoms with E-state index in [1.54, 1.807) is 0 Å². The zero-order valence-corrected chi connectivity index (χ0v) is 28.2. The number of nitrogens with zero attached hydrogens (tertiary/aromatic N) is 2. The summed E-state index contributed by atoms with van der Waals surface area (Å²) in [5.74, 6) is -0.588. The van der Waals surface area contributed by atoms with Crippen LogP contribution in [0.2, 0.25) is 0 Å². The van der Waals surface area contributed by atoms with Crippen molar-refractivity contribution >= 4 is 56.3 Å². The standard InChI is InChI=1S/C37H44N4O5/c1-9-23-19(3)28-16-31-24(10-2)21(5)36(40-31)27(18-42)37-22(6)26(12-14-35(44)46-8)33(41-37)17-32-25(11-13-34(43)45-7)20(4)29(39-32)15-30(23)38-28/h15-17,38-39,42H,9-14,18H2,1-8H3. The molecule has 46 heavy (non-hydrogen) atoms. The molecule has 0 saturated heterocycles. The van der Waals surface area contributed by atoms with Crippen LogP contribution in [0.1, 0.15) is 104 Å². The third-order valence-electron chi connectivity index (χ3n) is 9.50. The summed E-state index contributed by atoms with van der Waals surface area (Å²) < 4.78 is 9.92. The van der Waals surface area contributed by atoms with Gasteiger partial charge >= 0.3 is 11.9 Å². The number of allylic oxidation sites excluding steroid dienone is 4. The van der Waals surface area contributed by atoms with Gasteiger partial charge in [0.25, 0.3) is 0 Å². The van der Waals surface area contributed by atoms with E-state index in [9.17, 15) is 14.7 Å². The number of methoxy groups -OCH3 is 2. The number of aliphatic hydroxyl groups is 1. The van der Waals surface area contributed by atoms with Crippen LogP contribution >= 0.6 is 0 Å². The molecule has 3 N–H and O–H groups in total. The molecule has 0 spiro atoms. The van der Waals surface area contributed by atoms with Gasteiger partial charge in [-0.15, -0.1) is 0 Å². The number of fused-ring (bicyclic) bond motifs is 8. The summed E-state index contributed by atoms with van der Waals surface area (Å²) in [6.07, 6.45) is 2.96. The van der Waals surface area contributed by atoms with Crippen LogP contribution in [0, 0.1) is 13.8 Å². The van der Waals surface area contributed by atoms with Gasteiger partial charge in [0.2, 0.25) is 0 Å². The number of esters is 2. The summed E-state index contributed by atoms with van der Waals surface area (Å²) in [5, 5.41) is 10.8. The highest BCUT2D eigenvalue weighted by Gasteiger charge is 2.26. The second kappa shape index (κ2) is 13.5. The number of aromatic nitrogens is 4. The fraction of sp³-hybridized carbons (Fsp3) is 0.405. The molecule has 0 saturated carbocycles. The molecular weight excluding hydrogens is 580 g/mol. The summed E-state index contributed by atoms with van der Waals surface area (Å²) in [6, 6.07) is 6.25. The third kappa shape index (κ3) is 5.91. The van der Waals surface area contributed by atoms with Crippen molar-refractivity contribution in [1.29, 1.82) is 0 Å². The van der Waals surface area contributed by atoms with Crippen LogP contribution in [0.4, 0.5) is 0 Å². The van der Waals surface area contributed by atoms with Gasteiger partial charge in [-0.05, 0) is 116 Å². The van der Waals surface area contributed by atoms with Crippen LogP contribution in [-0.4, -0.2) is 51.2 Å². The number of ether oxygens (including phenoxy) is 2. The van der Waals surface area contributed by atoms with Gasteiger partial charge in [-0.2, -0.15) is 0 Å². The van der Waals surface area contributed by atoms with E-state index < -0.39 is 0 Å². The third-order valence-corrected chi connectivity index (χ3v) is 9.50. The van der Waals surface area contributed by atoms with Gasteiger partial charge in [0.05, 0.1) is 43.6 Å². The summed E-state index contributed by atoms with van der Waals surface area (Å²) in [5.41, 5.74) is 15.7. The largest absolute Gasteiger partial charge is 0.469 e. The predicted molar refractivity (Wildman–Crippen MR) is 183 cm³/mol. The van der Waals surface area contributed by atoms with Gasteiger partial charge in [-0.3, -0.25) is 9.59 Å². The molecule has 0 aromatic carbocycles. The minimum absolute atomic E-state index is 0.191. The number of aryl methyl sites for hydroxylation is 4. The molecule has 0 radical (unpaired) electrons. The number of rotatable bonds is 9. The molecule has 0 aliphatic carbocycles. The number of H-pyrrole nitrogens is 2. The molecule has 2 aliphatic heterocycles.